The van der Waals surface area contributed by atoms with E-state index in [0.717, 1.165) is 0 Å². The van der Waals surface area contributed by atoms with Crippen molar-refractivity contribution in [3.8, 4) is 11.6 Å². The fourth-order valence-corrected chi connectivity index (χ4v) is 3.12. The molecule has 0 saturated heterocycles. The number of furan rings is 1. The molecule has 1 N–H and O–H groups in total. The zero-order valence-corrected chi connectivity index (χ0v) is 15.3. The molecule has 9 heteroatoms. The Balaban J connectivity index is 1.69. The normalized spacial score (nSPS) is 12.5. The highest BCUT2D eigenvalue weighted by Crippen LogP contribution is 2.26. The van der Waals surface area contributed by atoms with E-state index in [2.05, 4.69) is 20.6 Å². The Morgan fingerprint density at radius 3 is 2.76 bits per heavy atom. The first-order valence-electron chi connectivity index (χ1n) is 7.91. The van der Waals surface area contributed by atoms with Crippen molar-refractivity contribution in [3.63, 3.8) is 0 Å². The van der Waals surface area contributed by atoms with Crippen molar-refractivity contribution in [1.82, 2.24) is 24.5 Å². The SMILES string of the molecule is CC(Sc1nnc(-c2ccco2)n1C)C(=O)Nc1ccnn1C(C)C. The van der Waals surface area contributed by atoms with Crippen LogP contribution in [0.3, 0.4) is 0 Å². The summed E-state index contributed by atoms with van der Waals surface area (Å²) in [4.78, 5) is 12.5. The van der Waals surface area contributed by atoms with Gasteiger partial charge < -0.3 is 14.3 Å². The predicted molar refractivity (Wildman–Crippen MR) is 95.3 cm³/mol. The molecule has 0 saturated carbocycles. The van der Waals surface area contributed by atoms with Crippen LogP contribution in [0.1, 0.15) is 26.8 Å². The van der Waals surface area contributed by atoms with Gasteiger partial charge in [0.15, 0.2) is 16.7 Å². The predicted octanol–water partition coefficient (Wildman–Crippen LogP) is 2.97. The summed E-state index contributed by atoms with van der Waals surface area (Å²) >= 11 is 1.34. The van der Waals surface area contributed by atoms with Crippen molar-refractivity contribution in [3.05, 3.63) is 30.7 Å². The maximum Gasteiger partial charge on any atom is 0.238 e. The molecule has 25 heavy (non-hydrogen) atoms. The highest BCUT2D eigenvalue weighted by Gasteiger charge is 2.21. The van der Waals surface area contributed by atoms with Gasteiger partial charge in [0, 0.05) is 19.2 Å². The van der Waals surface area contributed by atoms with Crippen molar-refractivity contribution in [2.24, 2.45) is 7.05 Å². The zero-order valence-electron chi connectivity index (χ0n) is 14.5. The Morgan fingerprint density at radius 1 is 1.28 bits per heavy atom. The number of hydrogen-bond acceptors (Lipinski definition) is 6. The number of carbonyl (C=O) groups is 1. The molecule has 0 aromatic carbocycles. The molecule has 1 atom stereocenters. The molecule has 1 amide bonds. The molecular weight excluding hydrogens is 340 g/mol. The number of aromatic nitrogens is 5. The summed E-state index contributed by atoms with van der Waals surface area (Å²) in [6.45, 7) is 5.85. The van der Waals surface area contributed by atoms with E-state index in [1.807, 2.05) is 38.5 Å². The lowest BCUT2D eigenvalue weighted by Gasteiger charge is -2.14. The summed E-state index contributed by atoms with van der Waals surface area (Å²) in [7, 11) is 1.85. The third kappa shape index (κ3) is 3.60. The number of amides is 1. The number of nitrogens with one attached hydrogen (secondary N) is 1. The van der Waals surface area contributed by atoms with Gasteiger partial charge in [-0.05, 0) is 32.9 Å². The van der Waals surface area contributed by atoms with Crippen LogP contribution in [0.2, 0.25) is 0 Å². The quantitative estimate of drug-likeness (QED) is 0.680. The number of nitrogens with zero attached hydrogens (tertiary/aromatic N) is 5. The lowest BCUT2D eigenvalue weighted by Crippen LogP contribution is -2.25. The van der Waals surface area contributed by atoms with Crippen LogP contribution in [0, 0.1) is 0 Å². The molecule has 1 unspecified atom stereocenters. The molecule has 0 fully saturated rings. The van der Waals surface area contributed by atoms with E-state index in [9.17, 15) is 4.79 Å². The van der Waals surface area contributed by atoms with Crippen LogP contribution in [0.15, 0.2) is 40.2 Å². The van der Waals surface area contributed by atoms with Gasteiger partial charge in [-0.15, -0.1) is 10.2 Å². The summed E-state index contributed by atoms with van der Waals surface area (Å²) in [5.74, 6) is 1.83. The molecule has 3 aromatic rings. The van der Waals surface area contributed by atoms with Gasteiger partial charge in [0.2, 0.25) is 5.91 Å². The van der Waals surface area contributed by atoms with E-state index in [-0.39, 0.29) is 17.2 Å². The highest BCUT2D eigenvalue weighted by atomic mass is 32.2. The van der Waals surface area contributed by atoms with Crippen LogP contribution in [-0.2, 0) is 11.8 Å². The molecule has 132 valence electrons. The second-order valence-corrected chi connectivity index (χ2v) is 7.15. The van der Waals surface area contributed by atoms with E-state index in [0.29, 0.717) is 22.6 Å². The lowest BCUT2D eigenvalue weighted by molar-refractivity contribution is -0.115. The Morgan fingerprint density at radius 2 is 2.08 bits per heavy atom. The number of carbonyl (C=O) groups excluding carboxylic acids is 1. The van der Waals surface area contributed by atoms with Gasteiger partial charge in [-0.1, -0.05) is 11.8 Å². The molecule has 3 aromatic heterocycles. The molecule has 0 aliphatic heterocycles. The standard InChI is InChI=1S/C16H20N6O2S/c1-10(2)22-13(7-8-17-22)18-15(23)11(3)25-16-20-19-14(21(16)4)12-6-5-9-24-12/h5-11H,1-4H3,(H,18,23). The first kappa shape index (κ1) is 17.3. The number of hydrogen-bond donors (Lipinski definition) is 1. The van der Waals surface area contributed by atoms with Gasteiger partial charge in [-0.25, -0.2) is 4.68 Å². The minimum Gasteiger partial charge on any atom is -0.461 e. The first-order valence-corrected chi connectivity index (χ1v) is 8.79. The minimum atomic E-state index is -0.345. The summed E-state index contributed by atoms with van der Waals surface area (Å²) in [5, 5.41) is 15.7. The summed E-state index contributed by atoms with van der Waals surface area (Å²) in [6, 6.07) is 5.57. The minimum absolute atomic E-state index is 0.116. The molecule has 0 spiro atoms. The van der Waals surface area contributed by atoms with Gasteiger partial charge in [0.05, 0.1) is 17.7 Å². The molecule has 0 aliphatic rings. The maximum absolute atomic E-state index is 12.5. The monoisotopic (exact) mass is 360 g/mol. The lowest BCUT2D eigenvalue weighted by atomic mass is 10.4. The molecule has 8 nitrogen and oxygen atoms in total. The summed E-state index contributed by atoms with van der Waals surface area (Å²) in [5.41, 5.74) is 0. The molecule has 3 heterocycles. The van der Waals surface area contributed by atoms with Gasteiger partial charge in [-0.2, -0.15) is 5.10 Å². The third-order valence-electron chi connectivity index (χ3n) is 3.64. The Bertz CT molecular complexity index is 852. The third-order valence-corrected chi connectivity index (χ3v) is 4.77. The smallest absolute Gasteiger partial charge is 0.238 e. The zero-order chi connectivity index (χ0) is 18.0. The second-order valence-electron chi connectivity index (χ2n) is 5.85. The summed E-state index contributed by atoms with van der Waals surface area (Å²) < 4.78 is 8.93. The van der Waals surface area contributed by atoms with Gasteiger partial charge in [0.25, 0.3) is 0 Å². The molecular formula is C16H20N6O2S. The maximum atomic E-state index is 12.5. The van der Waals surface area contributed by atoms with Crippen LogP contribution in [-0.4, -0.2) is 35.7 Å². The average Bonchev–Trinajstić information content (AvgIpc) is 3.29. The van der Waals surface area contributed by atoms with E-state index in [1.54, 1.807) is 29.3 Å². The Hall–Kier alpha value is -2.55. The molecule has 3 rings (SSSR count). The van der Waals surface area contributed by atoms with Crippen molar-refractivity contribution >= 4 is 23.5 Å². The van der Waals surface area contributed by atoms with Crippen LogP contribution < -0.4 is 5.32 Å². The van der Waals surface area contributed by atoms with Crippen LogP contribution >= 0.6 is 11.8 Å². The van der Waals surface area contributed by atoms with Crippen LogP contribution in [0.4, 0.5) is 5.82 Å². The van der Waals surface area contributed by atoms with Crippen molar-refractivity contribution in [1.29, 1.82) is 0 Å². The van der Waals surface area contributed by atoms with Crippen molar-refractivity contribution < 1.29 is 9.21 Å². The van der Waals surface area contributed by atoms with Crippen LogP contribution in [0.5, 0.6) is 0 Å². The topological polar surface area (TPSA) is 90.8 Å². The molecule has 0 radical (unpaired) electrons. The number of thioether (sulfide) groups is 1. The Kier molecular flexibility index (Phi) is 4.93. The molecule has 0 aliphatic carbocycles. The molecule has 0 bridgehead atoms. The summed E-state index contributed by atoms with van der Waals surface area (Å²) in [6.07, 6.45) is 3.26. The number of rotatable bonds is 6. The highest BCUT2D eigenvalue weighted by molar-refractivity contribution is 8.00. The van der Waals surface area contributed by atoms with Gasteiger partial charge in [-0.3, -0.25) is 4.79 Å². The Labute approximate surface area is 149 Å². The van der Waals surface area contributed by atoms with E-state index >= 15 is 0 Å². The first-order chi connectivity index (χ1) is 12.0. The number of anilines is 1. The fraction of sp³-hybridized carbons (Fsp3) is 0.375. The fourth-order valence-electron chi connectivity index (χ4n) is 2.30. The second kappa shape index (κ2) is 7.14. The van der Waals surface area contributed by atoms with E-state index in [1.165, 1.54) is 11.8 Å². The van der Waals surface area contributed by atoms with Gasteiger partial charge >= 0.3 is 0 Å². The van der Waals surface area contributed by atoms with Crippen molar-refractivity contribution in [2.75, 3.05) is 5.32 Å². The largest absolute Gasteiger partial charge is 0.461 e. The van der Waals surface area contributed by atoms with Crippen molar-refractivity contribution in [2.45, 2.75) is 37.2 Å². The van der Waals surface area contributed by atoms with Crippen LogP contribution in [0.25, 0.3) is 11.6 Å². The van der Waals surface area contributed by atoms with E-state index in [4.69, 9.17) is 4.42 Å². The average molecular weight is 360 g/mol. The van der Waals surface area contributed by atoms with E-state index < -0.39 is 0 Å². The van der Waals surface area contributed by atoms with Gasteiger partial charge in [0.1, 0.15) is 5.82 Å².